The maximum atomic E-state index is 11.6. The van der Waals surface area contributed by atoms with Crippen molar-refractivity contribution < 1.29 is 4.79 Å². The average molecular weight is 314 g/mol. The number of carbonyl (C=O) groups excluding carboxylic acids is 1. The van der Waals surface area contributed by atoms with Crippen LogP contribution >= 0.6 is 39.5 Å². The number of aliphatic imine (C=N–C) groups is 1. The van der Waals surface area contributed by atoms with Crippen molar-refractivity contribution >= 4 is 55.0 Å². The van der Waals surface area contributed by atoms with E-state index in [1.54, 1.807) is 0 Å². The summed E-state index contributed by atoms with van der Waals surface area (Å²) in [6.07, 6.45) is 3.73. The van der Waals surface area contributed by atoms with E-state index in [-0.39, 0.29) is 5.12 Å². The molecular formula is C11H8BrNOS2. The number of hydrogen-bond acceptors (Lipinski definition) is 4. The average Bonchev–Trinajstić information content (AvgIpc) is 2.60. The Bertz CT molecular complexity index is 497. The highest BCUT2D eigenvalue weighted by Gasteiger charge is 2.21. The molecule has 0 spiro atoms. The van der Waals surface area contributed by atoms with E-state index in [2.05, 4.69) is 20.9 Å². The van der Waals surface area contributed by atoms with Crippen molar-refractivity contribution in [3.63, 3.8) is 0 Å². The van der Waals surface area contributed by atoms with E-state index in [4.69, 9.17) is 0 Å². The van der Waals surface area contributed by atoms with Gasteiger partial charge in [-0.25, -0.2) is 4.99 Å². The fraction of sp³-hybridized carbons (Fsp3) is 0.0909. The quantitative estimate of drug-likeness (QED) is 0.739. The van der Waals surface area contributed by atoms with Crippen LogP contribution in [0.1, 0.15) is 5.56 Å². The minimum atomic E-state index is 0.0179. The third-order valence-electron chi connectivity index (χ3n) is 1.93. The molecule has 0 bridgehead atoms. The molecule has 0 unspecified atom stereocenters. The van der Waals surface area contributed by atoms with Crippen LogP contribution in [0.5, 0.6) is 0 Å². The molecule has 5 heteroatoms. The number of rotatable bonds is 1. The highest BCUT2D eigenvalue weighted by Crippen LogP contribution is 2.29. The number of nitrogens with zero attached hydrogens (tertiary/aromatic N) is 1. The summed E-state index contributed by atoms with van der Waals surface area (Å²) in [5, 5.41) is 0.0179. The van der Waals surface area contributed by atoms with Crippen LogP contribution in [-0.2, 0) is 4.79 Å². The van der Waals surface area contributed by atoms with E-state index in [0.29, 0.717) is 5.70 Å². The molecule has 0 saturated heterocycles. The first-order valence-corrected chi connectivity index (χ1v) is 7.34. The molecule has 1 aromatic rings. The molecule has 2 rings (SSSR count). The number of hydrogen-bond donors (Lipinski definition) is 0. The monoisotopic (exact) mass is 313 g/mol. The lowest BCUT2D eigenvalue weighted by molar-refractivity contribution is -0.107. The predicted molar refractivity (Wildman–Crippen MR) is 75.7 cm³/mol. The molecule has 1 aliphatic heterocycles. The minimum absolute atomic E-state index is 0.0179. The van der Waals surface area contributed by atoms with Crippen molar-refractivity contribution in [2.45, 2.75) is 0 Å². The van der Waals surface area contributed by atoms with E-state index in [9.17, 15) is 4.79 Å². The zero-order chi connectivity index (χ0) is 11.5. The SMILES string of the molecule is CSC1=NC(=Cc2cccc(Br)c2)C(=O)S1. The second-order valence-electron chi connectivity index (χ2n) is 3.06. The van der Waals surface area contributed by atoms with Gasteiger partial charge in [0.05, 0.1) is 0 Å². The first-order chi connectivity index (χ1) is 7.69. The fourth-order valence-electron chi connectivity index (χ4n) is 1.23. The van der Waals surface area contributed by atoms with Gasteiger partial charge in [0.2, 0.25) is 5.12 Å². The van der Waals surface area contributed by atoms with Gasteiger partial charge < -0.3 is 0 Å². The standard InChI is InChI=1S/C11H8BrNOS2/c1-15-11-13-9(10(14)16-11)6-7-3-2-4-8(12)5-7/h2-6H,1H3. The third-order valence-corrected chi connectivity index (χ3v) is 4.27. The van der Waals surface area contributed by atoms with E-state index in [1.165, 1.54) is 23.5 Å². The third kappa shape index (κ3) is 2.78. The molecule has 82 valence electrons. The minimum Gasteiger partial charge on any atom is -0.279 e. The van der Waals surface area contributed by atoms with E-state index < -0.39 is 0 Å². The van der Waals surface area contributed by atoms with Gasteiger partial charge in [-0.1, -0.05) is 28.1 Å². The normalized spacial score (nSPS) is 18.0. The molecule has 2 nitrogen and oxygen atoms in total. The molecule has 0 fully saturated rings. The largest absolute Gasteiger partial charge is 0.279 e. The van der Waals surface area contributed by atoms with Gasteiger partial charge in [0.25, 0.3) is 0 Å². The van der Waals surface area contributed by atoms with Gasteiger partial charge in [-0.2, -0.15) is 0 Å². The lowest BCUT2D eigenvalue weighted by Crippen LogP contribution is -1.87. The Morgan fingerprint density at radius 3 is 2.94 bits per heavy atom. The molecule has 0 saturated carbocycles. The molecule has 0 atom stereocenters. The lowest BCUT2D eigenvalue weighted by Gasteiger charge is -1.95. The van der Waals surface area contributed by atoms with E-state index in [0.717, 1.165) is 14.4 Å². The zero-order valence-corrected chi connectivity index (χ0v) is 11.7. The van der Waals surface area contributed by atoms with Gasteiger partial charge in [-0.15, -0.1) is 11.8 Å². The summed E-state index contributed by atoms with van der Waals surface area (Å²) in [5.41, 5.74) is 1.50. The summed E-state index contributed by atoms with van der Waals surface area (Å²) in [5.74, 6) is 0. The smallest absolute Gasteiger partial charge is 0.244 e. The number of thioether (sulfide) groups is 2. The summed E-state index contributed by atoms with van der Waals surface area (Å²) >= 11 is 6.08. The Kier molecular flexibility index (Phi) is 3.89. The van der Waals surface area contributed by atoms with Crippen LogP contribution < -0.4 is 0 Å². The van der Waals surface area contributed by atoms with Crippen molar-refractivity contribution in [1.29, 1.82) is 0 Å². The zero-order valence-electron chi connectivity index (χ0n) is 8.44. The van der Waals surface area contributed by atoms with Gasteiger partial charge in [0.15, 0.2) is 0 Å². The second kappa shape index (κ2) is 5.21. The summed E-state index contributed by atoms with van der Waals surface area (Å²) in [7, 11) is 0. The van der Waals surface area contributed by atoms with Gasteiger partial charge >= 0.3 is 0 Å². The van der Waals surface area contributed by atoms with Crippen LogP contribution in [0.3, 0.4) is 0 Å². The number of halogens is 1. The molecule has 1 heterocycles. The summed E-state index contributed by atoms with van der Waals surface area (Å²) in [4.78, 5) is 15.8. The molecule has 0 radical (unpaired) electrons. The van der Waals surface area contributed by atoms with Crippen LogP contribution in [0, 0.1) is 0 Å². The topological polar surface area (TPSA) is 29.4 Å². The number of benzene rings is 1. The van der Waals surface area contributed by atoms with Crippen LogP contribution in [0.2, 0.25) is 0 Å². The van der Waals surface area contributed by atoms with Gasteiger partial charge in [-0.05, 0) is 41.8 Å². The Labute approximate surface area is 111 Å². The summed E-state index contributed by atoms with van der Waals surface area (Å²) in [6.45, 7) is 0. The number of carbonyl (C=O) groups is 1. The van der Waals surface area contributed by atoms with Crippen molar-refractivity contribution in [2.75, 3.05) is 6.26 Å². The first-order valence-electron chi connectivity index (χ1n) is 4.51. The fourth-order valence-corrected chi connectivity index (χ4v) is 2.91. The predicted octanol–water partition coefficient (Wildman–Crippen LogP) is 3.78. The van der Waals surface area contributed by atoms with Gasteiger partial charge in [-0.3, -0.25) is 4.79 Å². The Morgan fingerprint density at radius 1 is 1.50 bits per heavy atom. The first kappa shape index (κ1) is 12.0. The van der Waals surface area contributed by atoms with Crippen molar-refractivity contribution in [2.24, 2.45) is 4.99 Å². The molecule has 0 aromatic heterocycles. The Balaban J connectivity index is 2.31. The van der Waals surface area contributed by atoms with Gasteiger partial charge in [0, 0.05) is 4.47 Å². The van der Waals surface area contributed by atoms with Crippen molar-refractivity contribution in [1.82, 2.24) is 0 Å². The maximum Gasteiger partial charge on any atom is 0.244 e. The second-order valence-corrected chi connectivity index (χ2v) is 5.99. The van der Waals surface area contributed by atoms with E-state index >= 15 is 0 Å². The molecular weight excluding hydrogens is 306 g/mol. The van der Waals surface area contributed by atoms with Crippen molar-refractivity contribution in [3.8, 4) is 0 Å². The maximum absolute atomic E-state index is 11.6. The molecule has 1 aliphatic rings. The molecule has 0 aliphatic carbocycles. The molecule has 1 aromatic carbocycles. The highest BCUT2D eigenvalue weighted by molar-refractivity contribution is 9.10. The summed E-state index contributed by atoms with van der Waals surface area (Å²) in [6, 6.07) is 7.78. The molecule has 0 amide bonds. The highest BCUT2D eigenvalue weighted by atomic mass is 79.9. The van der Waals surface area contributed by atoms with Crippen molar-refractivity contribution in [3.05, 3.63) is 40.0 Å². The van der Waals surface area contributed by atoms with Crippen LogP contribution in [0.4, 0.5) is 0 Å². The summed E-state index contributed by atoms with van der Waals surface area (Å²) < 4.78 is 1.81. The molecule has 0 N–H and O–H groups in total. The van der Waals surface area contributed by atoms with E-state index in [1.807, 2.05) is 36.6 Å². The molecule has 16 heavy (non-hydrogen) atoms. The lowest BCUT2D eigenvalue weighted by atomic mass is 10.2. The van der Waals surface area contributed by atoms with Crippen LogP contribution in [0.25, 0.3) is 6.08 Å². The Morgan fingerprint density at radius 2 is 2.31 bits per heavy atom. The van der Waals surface area contributed by atoms with Crippen LogP contribution in [0.15, 0.2) is 39.4 Å². The Hall–Kier alpha value is -0.520. The van der Waals surface area contributed by atoms with Gasteiger partial charge in [0.1, 0.15) is 10.1 Å². The van der Waals surface area contributed by atoms with Crippen LogP contribution in [-0.4, -0.2) is 15.7 Å².